The molecule has 0 bridgehead atoms. The molecule has 1 saturated heterocycles. The van der Waals surface area contributed by atoms with Gasteiger partial charge in [-0.1, -0.05) is 81.4 Å². The highest BCUT2D eigenvalue weighted by Gasteiger charge is 2.69. The van der Waals surface area contributed by atoms with E-state index in [0.717, 1.165) is 10.4 Å². The first kappa shape index (κ1) is 29.0. The van der Waals surface area contributed by atoms with Crippen molar-refractivity contribution in [2.75, 3.05) is 6.61 Å². The lowest BCUT2D eigenvalue weighted by Crippen LogP contribution is -2.67. The molecule has 210 valence electrons. The summed E-state index contributed by atoms with van der Waals surface area (Å²) < 4.78 is 30.2. The van der Waals surface area contributed by atoms with Crippen LogP contribution in [0.3, 0.4) is 0 Å². The van der Waals surface area contributed by atoms with Gasteiger partial charge < -0.3 is 23.4 Å². The van der Waals surface area contributed by atoms with E-state index in [9.17, 15) is 14.4 Å². The SMILES string of the molecule is CC(=O)OCC1C[C@@H](OC(C)=O)C(OC(C)=O)OC12CC2O[Si](c1ccccc1)(c1ccccc1)C(C)(C)C. The van der Waals surface area contributed by atoms with Crippen LogP contribution in [-0.2, 0) is 37.8 Å². The molecule has 1 heterocycles. The standard InChI is InChI=1S/C30H38O8Si/c1-20(31)34-19-23-17-26(35-21(2)32)28(36-22(3)33)37-30(23)18-27(30)38-39(29(4,5)6,24-13-9-7-10-14-24)25-15-11-8-12-16-25/h7-16,23,26-28H,17-19H2,1-6H3/t23?,26-,27?,28?,30?/m1/s1. The minimum absolute atomic E-state index is 0.0699. The average molecular weight is 555 g/mol. The molecular formula is C30H38O8Si. The van der Waals surface area contributed by atoms with Crippen molar-refractivity contribution in [1.82, 2.24) is 0 Å². The van der Waals surface area contributed by atoms with Crippen LogP contribution in [0.15, 0.2) is 60.7 Å². The predicted molar refractivity (Wildman–Crippen MR) is 147 cm³/mol. The third-order valence-electron chi connectivity index (χ3n) is 7.56. The highest BCUT2D eigenvalue weighted by atomic mass is 28.4. The van der Waals surface area contributed by atoms with E-state index in [1.54, 1.807) is 0 Å². The molecule has 9 heteroatoms. The molecule has 0 aromatic heterocycles. The van der Waals surface area contributed by atoms with Crippen LogP contribution in [0.1, 0.15) is 54.4 Å². The summed E-state index contributed by atoms with van der Waals surface area (Å²) in [7, 11) is -2.91. The quantitative estimate of drug-likeness (QED) is 0.278. The van der Waals surface area contributed by atoms with Crippen LogP contribution in [0, 0.1) is 5.92 Å². The first-order valence-electron chi connectivity index (χ1n) is 13.3. The van der Waals surface area contributed by atoms with Crippen LogP contribution in [0.25, 0.3) is 0 Å². The Hall–Kier alpha value is -3.01. The van der Waals surface area contributed by atoms with Gasteiger partial charge in [-0.2, -0.15) is 0 Å². The van der Waals surface area contributed by atoms with Gasteiger partial charge >= 0.3 is 17.9 Å². The normalized spacial score (nSPS) is 26.5. The van der Waals surface area contributed by atoms with E-state index in [4.69, 9.17) is 23.4 Å². The Morgan fingerprint density at radius 1 is 0.872 bits per heavy atom. The summed E-state index contributed by atoms with van der Waals surface area (Å²) in [6, 6.07) is 20.6. The van der Waals surface area contributed by atoms with Crippen molar-refractivity contribution in [1.29, 1.82) is 0 Å². The molecule has 0 N–H and O–H groups in total. The molecule has 2 aromatic carbocycles. The van der Waals surface area contributed by atoms with Gasteiger partial charge in [-0.3, -0.25) is 14.4 Å². The summed E-state index contributed by atoms with van der Waals surface area (Å²) >= 11 is 0. The van der Waals surface area contributed by atoms with Crippen LogP contribution in [0.2, 0.25) is 5.04 Å². The highest BCUT2D eigenvalue weighted by molar-refractivity contribution is 6.99. The number of benzene rings is 2. The summed E-state index contributed by atoms with van der Waals surface area (Å²) in [5.41, 5.74) is -0.876. The van der Waals surface area contributed by atoms with E-state index < -0.39 is 44.2 Å². The van der Waals surface area contributed by atoms with E-state index >= 15 is 0 Å². The molecular weight excluding hydrogens is 516 g/mol. The van der Waals surface area contributed by atoms with Gasteiger partial charge in [0.25, 0.3) is 8.32 Å². The fourth-order valence-corrected chi connectivity index (χ4v) is 10.5. The highest BCUT2D eigenvalue weighted by Crippen LogP contribution is 2.56. The minimum atomic E-state index is -2.91. The Morgan fingerprint density at radius 3 is 1.87 bits per heavy atom. The van der Waals surface area contributed by atoms with Gasteiger partial charge in [0.15, 0.2) is 6.10 Å². The molecule has 8 nitrogen and oxygen atoms in total. The molecule has 2 aromatic rings. The molecule has 4 unspecified atom stereocenters. The number of carbonyl (C=O) groups is 3. The van der Waals surface area contributed by atoms with Gasteiger partial charge in [-0.05, 0) is 21.8 Å². The van der Waals surface area contributed by atoms with Gasteiger partial charge in [0.05, 0.1) is 12.7 Å². The van der Waals surface area contributed by atoms with Crippen LogP contribution in [0.4, 0.5) is 0 Å². The van der Waals surface area contributed by atoms with Crippen molar-refractivity contribution < 1.29 is 37.8 Å². The van der Waals surface area contributed by atoms with E-state index in [2.05, 4.69) is 45.0 Å². The van der Waals surface area contributed by atoms with Crippen LogP contribution in [-0.4, -0.2) is 56.9 Å². The van der Waals surface area contributed by atoms with E-state index in [0.29, 0.717) is 12.8 Å². The lowest BCUT2D eigenvalue weighted by Gasteiger charge is -2.45. The molecule has 0 amide bonds. The van der Waals surface area contributed by atoms with Crippen LogP contribution in [0.5, 0.6) is 0 Å². The second kappa shape index (κ2) is 11.2. The zero-order valence-electron chi connectivity index (χ0n) is 23.5. The van der Waals surface area contributed by atoms with Crippen molar-refractivity contribution in [3.05, 3.63) is 60.7 Å². The molecule has 2 fully saturated rings. The Kier molecular flexibility index (Phi) is 8.35. The van der Waals surface area contributed by atoms with Crippen molar-refractivity contribution in [2.24, 2.45) is 5.92 Å². The third kappa shape index (κ3) is 5.95. The maximum Gasteiger partial charge on any atom is 0.305 e. The average Bonchev–Trinajstić information content (AvgIpc) is 3.54. The number of hydrogen-bond acceptors (Lipinski definition) is 8. The smallest absolute Gasteiger partial charge is 0.305 e. The largest absolute Gasteiger partial charge is 0.465 e. The van der Waals surface area contributed by atoms with E-state index in [1.807, 2.05) is 36.4 Å². The molecule has 0 radical (unpaired) electrons. The molecule has 1 saturated carbocycles. The topological polar surface area (TPSA) is 97.4 Å². The van der Waals surface area contributed by atoms with Crippen LogP contribution >= 0.6 is 0 Å². The second-order valence-corrected chi connectivity index (χ2v) is 15.7. The van der Waals surface area contributed by atoms with Gasteiger partial charge in [0.2, 0.25) is 6.29 Å². The summed E-state index contributed by atoms with van der Waals surface area (Å²) in [6.45, 7) is 10.6. The zero-order chi connectivity index (χ0) is 28.4. The van der Waals surface area contributed by atoms with Crippen molar-refractivity contribution >= 4 is 36.6 Å². The zero-order valence-corrected chi connectivity index (χ0v) is 24.5. The minimum Gasteiger partial charge on any atom is -0.465 e. The second-order valence-electron chi connectivity index (χ2n) is 11.4. The van der Waals surface area contributed by atoms with Crippen molar-refractivity contribution in [2.45, 2.75) is 83.5 Å². The van der Waals surface area contributed by atoms with Gasteiger partial charge in [-0.15, -0.1) is 0 Å². The first-order chi connectivity index (χ1) is 18.4. The van der Waals surface area contributed by atoms with E-state index in [1.165, 1.54) is 20.8 Å². The Bertz CT molecular complexity index is 1140. The summed E-state index contributed by atoms with van der Waals surface area (Å²) in [4.78, 5) is 35.5. The maximum atomic E-state index is 11.9. The first-order valence-corrected chi connectivity index (χ1v) is 15.2. The maximum absolute atomic E-state index is 11.9. The van der Waals surface area contributed by atoms with Crippen molar-refractivity contribution in [3.63, 3.8) is 0 Å². The predicted octanol–water partition coefficient (Wildman–Crippen LogP) is 3.49. The molecule has 39 heavy (non-hydrogen) atoms. The van der Waals surface area contributed by atoms with Gasteiger partial charge in [0, 0.05) is 33.1 Å². The summed E-state index contributed by atoms with van der Waals surface area (Å²) in [5.74, 6) is -1.81. The fourth-order valence-electron chi connectivity index (χ4n) is 5.82. The summed E-state index contributed by atoms with van der Waals surface area (Å²) in [6.07, 6.45) is -1.46. The molecule has 1 aliphatic carbocycles. The van der Waals surface area contributed by atoms with Crippen LogP contribution < -0.4 is 10.4 Å². The Balaban J connectivity index is 1.75. The molecule has 2 aliphatic rings. The Morgan fingerprint density at radius 2 is 1.41 bits per heavy atom. The molecule has 1 aliphatic heterocycles. The number of esters is 3. The monoisotopic (exact) mass is 554 g/mol. The van der Waals surface area contributed by atoms with Crippen molar-refractivity contribution in [3.8, 4) is 0 Å². The van der Waals surface area contributed by atoms with Gasteiger partial charge in [-0.25, -0.2) is 0 Å². The Labute approximate surface area is 231 Å². The lowest BCUT2D eigenvalue weighted by molar-refractivity contribution is -0.269. The number of hydrogen-bond donors (Lipinski definition) is 0. The summed E-state index contributed by atoms with van der Waals surface area (Å²) in [5, 5.41) is 2.01. The van der Waals surface area contributed by atoms with E-state index in [-0.39, 0.29) is 23.7 Å². The van der Waals surface area contributed by atoms with Gasteiger partial charge in [0.1, 0.15) is 5.60 Å². The molecule has 5 atom stereocenters. The third-order valence-corrected chi connectivity index (χ3v) is 12.6. The fraction of sp³-hybridized carbons (Fsp3) is 0.500. The molecule has 1 spiro atoms. The molecule has 4 rings (SSSR count). The lowest BCUT2D eigenvalue weighted by atomic mass is 9.90. The number of carbonyl (C=O) groups excluding carboxylic acids is 3. The number of ether oxygens (including phenoxy) is 4. The number of rotatable bonds is 8.